The van der Waals surface area contributed by atoms with Crippen molar-refractivity contribution in [2.45, 2.75) is 11.8 Å². The molecule has 0 heterocycles. The molecule has 0 aliphatic heterocycles. The van der Waals surface area contributed by atoms with Crippen molar-refractivity contribution in [1.29, 1.82) is 0 Å². The molecule has 0 unspecified atom stereocenters. The second-order valence-electron chi connectivity index (χ2n) is 2.93. The van der Waals surface area contributed by atoms with Gasteiger partial charge in [0.25, 0.3) is 0 Å². The first-order valence-electron chi connectivity index (χ1n) is 3.96. The molecule has 60 valence electrons. The summed E-state index contributed by atoms with van der Waals surface area (Å²) in [6.45, 7) is 2.10. The Kier molecular flexibility index (Phi) is 1.81. The van der Waals surface area contributed by atoms with Crippen molar-refractivity contribution in [3.8, 4) is 0 Å². The van der Waals surface area contributed by atoms with Gasteiger partial charge < -0.3 is 0 Å². The van der Waals surface area contributed by atoms with E-state index in [1.807, 2.05) is 6.07 Å². The van der Waals surface area contributed by atoms with Crippen molar-refractivity contribution < 1.29 is 0 Å². The van der Waals surface area contributed by atoms with Crippen LogP contribution in [0.3, 0.4) is 0 Å². The van der Waals surface area contributed by atoms with Crippen molar-refractivity contribution >= 4 is 23.4 Å². The van der Waals surface area contributed by atoms with Crippen LogP contribution in [0.15, 0.2) is 41.3 Å². The fourth-order valence-electron chi connectivity index (χ4n) is 1.42. The summed E-state index contributed by atoms with van der Waals surface area (Å²) in [7, 11) is 0. The lowest BCUT2D eigenvalue weighted by molar-refractivity contribution is 1.36. The summed E-state index contributed by atoms with van der Waals surface area (Å²) in [5, 5.41) is 2.58. The third-order valence-electron chi connectivity index (χ3n) is 2.17. The minimum Gasteiger partial charge on any atom is -0.143 e. The van der Waals surface area contributed by atoms with Crippen LogP contribution in [0.5, 0.6) is 0 Å². The molecule has 0 nitrogen and oxygen atoms in total. The fraction of sp³-hybridized carbons (Fsp3) is 0.0909. The van der Waals surface area contributed by atoms with Gasteiger partial charge in [0, 0.05) is 4.90 Å². The van der Waals surface area contributed by atoms with Gasteiger partial charge in [-0.15, -0.1) is 12.6 Å². The van der Waals surface area contributed by atoms with E-state index < -0.39 is 0 Å². The molecule has 0 aromatic heterocycles. The molecule has 0 bridgehead atoms. The highest BCUT2D eigenvalue weighted by molar-refractivity contribution is 7.80. The van der Waals surface area contributed by atoms with Gasteiger partial charge in [-0.3, -0.25) is 0 Å². The summed E-state index contributed by atoms with van der Waals surface area (Å²) >= 11 is 4.37. The summed E-state index contributed by atoms with van der Waals surface area (Å²) < 4.78 is 0. The van der Waals surface area contributed by atoms with Crippen LogP contribution < -0.4 is 0 Å². The zero-order chi connectivity index (χ0) is 8.55. The highest BCUT2D eigenvalue weighted by Gasteiger charge is 1.98. The van der Waals surface area contributed by atoms with Gasteiger partial charge in [0.2, 0.25) is 0 Å². The van der Waals surface area contributed by atoms with E-state index >= 15 is 0 Å². The highest BCUT2D eigenvalue weighted by atomic mass is 32.1. The Hall–Kier alpha value is -0.950. The van der Waals surface area contributed by atoms with E-state index in [9.17, 15) is 0 Å². The molecule has 0 fully saturated rings. The van der Waals surface area contributed by atoms with Crippen LogP contribution in [0, 0.1) is 6.92 Å². The van der Waals surface area contributed by atoms with Crippen LogP contribution in [-0.4, -0.2) is 0 Å². The molecule has 12 heavy (non-hydrogen) atoms. The van der Waals surface area contributed by atoms with Crippen LogP contribution in [0.1, 0.15) is 5.56 Å². The lowest BCUT2D eigenvalue weighted by atomic mass is 10.1. The lowest BCUT2D eigenvalue weighted by Crippen LogP contribution is -1.79. The average molecular weight is 174 g/mol. The van der Waals surface area contributed by atoms with Gasteiger partial charge in [0.05, 0.1) is 0 Å². The molecular weight excluding hydrogens is 164 g/mol. The van der Waals surface area contributed by atoms with Crippen LogP contribution in [0.2, 0.25) is 0 Å². The second kappa shape index (κ2) is 2.83. The third-order valence-corrected chi connectivity index (χ3v) is 2.65. The van der Waals surface area contributed by atoms with Crippen LogP contribution >= 0.6 is 12.6 Å². The summed E-state index contributed by atoms with van der Waals surface area (Å²) in [6.07, 6.45) is 0. The molecule has 0 aliphatic carbocycles. The van der Waals surface area contributed by atoms with Crippen molar-refractivity contribution in [3.05, 3.63) is 42.0 Å². The Bertz CT molecular complexity index is 418. The highest BCUT2D eigenvalue weighted by Crippen LogP contribution is 2.23. The van der Waals surface area contributed by atoms with Crippen molar-refractivity contribution in [1.82, 2.24) is 0 Å². The summed E-state index contributed by atoms with van der Waals surface area (Å²) in [5.41, 5.74) is 1.26. The van der Waals surface area contributed by atoms with Gasteiger partial charge in [0.15, 0.2) is 0 Å². The average Bonchev–Trinajstić information content (AvgIpc) is 2.12. The first-order valence-corrected chi connectivity index (χ1v) is 4.41. The predicted molar refractivity (Wildman–Crippen MR) is 55.9 cm³/mol. The third kappa shape index (κ3) is 1.10. The number of hydrogen-bond donors (Lipinski definition) is 1. The zero-order valence-corrected chi connectivity index (χ0v) is 7.81. The van der Waals surface area contributed by atoms with E-state index in [0.29, 0.717) is 0 Å². The fourth-order valence-corrected chi connectivity index (χ4v) is 1.61. The maximum absolute atomic E-state index is 4.37. The van der Waals surface area contributed by atoms with Gasteiger partial charge >= 0.3 is 0 Å². The molecule has 0 radical (unpaired) electrons. The summed E-state index contributed by atoms with van der Waals surface area (Å²) in [4.78, 5) is 1.06. The minimum atomic E-state index is 1.06. The van der Waals surface area contributed by atoms with Crippen LogP contribution in [0.25, 0.3) is 10.8 Å². The Morgan fingerprint density at radius 2 is 1.75 bits per heavy atom. The molecule has 1 heteroatoms. The van der Waals surface area contributed by atoms with Gasteiger partial charge in [0.1, 0.15) is 0 Å². The SMILES string of the molecule is Cc1c(S)ccc2ccccc12. The maximum Gasteiger partial charge on any atom is 0.00756 e. The zero-order valence-electron chi connectivity index (χ0n) is 6.91. The number of fused-ring (bicyclic) bond motifs is 1. The van der Waals surface area contributed by atoms with E-state index in [1.165, 1.54) is 16.3 Å². The van der Waals surface area contributed by atoms with Crippen molar-refractivity contribution in [2.24, 2.45) is 0 Å². The topological polar surface area (TPSA) is 0 Å². The Labute approximate surface area is 77.6 Å². The molecule has 2 aromatic carbocycles. The molecule has 0 saturated heterocycles. The van der Waals surface area contributed by atoms with Crippen LogP contribution in [-0.2, 0) is 0 Å². The Balaban J connectivity index is 2.91. The molecule has 0 aliphatic rings. The quantitative estimate of drug-likeness (QED) is 0.581. The molecule has 0 N–H and O–H groups in total. The predicted octanol–water partition coefficient (Wildman–Crippen LogP) is 3.44. The number of hydrogen-bond acceptors (Lipinski definition) is 1. The van der Waals surface area contributed by atoms with E-state index in [0.717, 1.165) is 4.90 Å². The number of rotatable bonds is 0. The molecule has 0 amide bonds. The van der Waals surface area contributed by atoms with E-state index in [4.69, 9.17) is 0 Å². The van der Waals surface area contributed by atoms with E-state index in [-0.39, 0.29) is 0 Å². The van der Waals surface area contributed by atoms with Gasteiger partial charge in [-0.05, 0) is 29.3 Å². The van der Waals surface area contributed by atoms with Crippen molar-refractivity contribution in [2.75, 3.05) is 0 Å². The smallest absolute Gasteiger partial charge is 0.00756 e. The molecule has 2 rings (SSSR count). The normalized spacial score (nSPS) is 10.5. The lowest BCUT2D eigenvalue weighted by Gasteiger charge is -2.03. The molecule has 2 aromatic rings. The van der Waals surface area contributed by atoms with E-state index in [2.05, 4.69) is 49.9 Å². The number of thiol groups is 1. The molecular formula is C11H10S. The van der Waals surface area contributed by atoms with Crippen molar-refractivity contribution in [3.63, 3.8) is 0 Å². The van der Waals surface area contributed by atoms with Crippen LogP contribution in [0.4, 0.5) is 0 Å². The molecule has 0 atom stereocenters. The van der Waals surface area contributed by atoms with Gasteiger partial charge in [-0.1, -0.05) is 30.3 Å². The molecule has 0 spiro atoms. The Morgan fingerprint density at radius 1 is 1.00 bits per heavy atom. The van der Waals surface area contributed by atoms with Gasteiger partial charge in [-0.2, -0.15) is 0 Å². The summed E-state index contributed by atoms with van der Waals surface area (Å²) in [6, 6.07) is 12.5. The largest absolute Gasteiger partial charge is 0.143 e. The standard InChI is InChI=1S/C11H10S/c1-8-10-5-3-2-4-9(10)6-7-11(8)12/h2-7,12H,1H3. The first kappa shape index (κ1) is 7.69. The van der Waals surface area contributed by atoms with Gasteiger partial charge in [-0.25, -0.2) is 0 Å². The minimum absolute atomic E-state index is 1.06. The number of benzene rings is 2. The molecule has 0 saturated carbocycles. The monoisotopic (exact) mass is 174 g/mol. The maximum atomic E-state index is 4.37. The summed E-state index contributed by atoms with van der Waals surface area (Å²) in [5.74, 6) is 0. The second-order valence-corrected chi connectivity index (χ2v) is 3.41. The Morgan fingerprint density at radius 3 is 2.58 bits per heavy atom. The number of aryl methyl sites for hydroxylation is 1. The first-order chi connectivity index (χ1) is 5.79. The van der Waals surface area contributed by atoms with E-state index in [1.54, 1.807) is 0 Å².